The molecule has 0 aliphatic rings. The van der Waals surface area contributed by atoms with E-state index in [-0.39, 0.29) is 13.2 Å². The molecule has 30 heavy (non-hydrogen) atoms. The average Bonchev–Trinajstić information content (AvgIpc) is 2.75. The third-order valence-corrected chi connectivity index (χ3v) is 3.90. The van der Waals surface area contributed by atoms with Crippen LogP contribution in [0.5, 0.6) is 0 Å². The zero-order valence-corrected chi connectivity index (χ0v) is 16.2. The van der Waals surface area contributed by atoms with Crippen LogP contribution in [0.2, 0.25) is 0 Å². The molecule has 2 rings (SSSR count). The number of benzene rings is 2. The fraction of sp³-hybridized carbons (Fsp3) is 0.238. The summed E-state index contributed by atoms with van der Waals surface area (Å²) in [7, 11) is 0. The highest BCUT2D eigenvalue weighted by Crippen LogP contribution is 2.03. The van der Waals surface area contributed by atoms with Crippen molar-refractivity contribution in [2.45, 2.75) is 25.7 Å². The molecular formula is C21H23N3O6. The molecule has 4 N–H and O–H groups in total. The van der Waals surface area contributed by atoms with Gasteiger partial charge in [0.25, 0.3) is 0 Å². The number of carbonyl (C=O) groups excluding carboxylic acids is 4. The van der Waals surface area contributed by atoms with Crippen molar-refractivity contribution in [3.8, 4) is 0 Å². The van der Waals surface area contributed by atoms with Crippen LogP contribution in [-0.2, 0) is 37.1 Å². The Hall–Kier alpha value is -3.88. The Morgan fingerprint density at radius 2 is 1.37 bits per heavy atom. The quantitative estimate of drug-likeness (QED) is 0.497. The number of hydrogen-bond acceptors (Lipinski definition) is 6. The molecule has 9 heteroatoms. The molecule has 2 aromatic carbocycles. The maximum Gasteiger partial charge on any atom is 0.407 e. The second-order valence-corrected chi connectivity index (χ2v) is 6.29. The highest BCUT2D eigenvalue weighted by atomic mass is 16.5. The van der Waals surface area contributed by atoms with Crippen molar-refractivity contribution in [1.29, 1.82) is 0 Å². The first-order valence-electron chi connectivity index (χ1n) is 9.17. The molecule has 0 unspecified atom stereocenters. The first-order valence-corrected chi connectivity index (χ1v) is 9.17. The molecular weight excluding hydrogens is 390 g/mol. The van der Waals surface area contributed by atoms with Gasteiger partial charge in [-0.25, -0.2) is 4.79 Å². The highest BCUT2D eigenvalue weighted by molar-refractivity contribution is 5.91. The Bertz CT molecular complexity index is 858. The van der Waals surface area contributed by atoms with Crippen molar-refractivity contribution in [1.82, 2.24) is 10.6 Å². The fourth-order valence-electron chi connectivity index (χ4n) is 2.36. The van der Waals surface area contributed by atoms with Crippen LogP contribution in [-0.4, -0.2) is 36.5 Å². The minimum absolute atomic E-state index is 0.0356. The Morgan fingerprint density at radius 3 is 1.90 bits per heavy atom. The van der Waals surface area contributed by atoms with Gasteiger partial charge in [-0.3, -0.25) is 14.4 Å². The summed E-state index contributed by atoms with van der Waals surface area (Å²) in [5.74, 6) is -2.30. The molecule has 1 atom stereocenters. The van der Waals surface area contributed by atoms with Crippen LogP contribution in [0.15, 0.2) is 60.7 Å². The Balaban J connectivity index is 1.71. The van der Waals surface area contributed by atoms with Gasteiger partial charge in [-0.2, -0.15) is 0 Å². The lowest BCUT2D eigenvalue weighted by Crippen LogP contribution is -2.49. The van der Waals surface area contributed by atoms with E-state index in [2.05, 4.69) is 10.6 Å². The van der Waals surface area contributed by atoms with E-state index in [1.807, 2.05) is 12.1 Å². The molecule has 0 aromatic heterocycles. The van der Waals surface area contributed by atoms with E-state index in [0.29, 0.717) is 0 Å². The van der Waals surface area contributed by atoms with Gasteiger partial charge in [0.1, 0.15) is 25.8 Å². The Kier molecular flexibility index (Phi) is 8.85. The van der Waals surface area contributed by atoms with Gasteiger partial charge in [-0.1, -0.05) is 60.7 Å². The lowest BCUT2D eigenvalue weighted by molar-refractivity contribution is -0.147. The van der Waals surface area contributed by atoms with Crippen molar-refractivity contribution in [3.05, 3.63) is 71.8 Å². The van der Waals surface area contributed by atoms with Crippen LogP contribution in [0.4, 0.5) is 4.79 Å². The van der Waals surface area contributed by atoms with Crippen molar-refractivity contribution in [3.63, 3.8) is 0 Å². The summed E-state index contributed by atoms with van der Waals surface area (Å²) < 4.78 is 10.0. The average molecular weight is 413 g/mol. The predicted molar refractivity (Wildman–Crippen MR) is 107 cm³/mol. The summed E-state index contributed by atoms with van der Waals surface area (Å²) in [5, 5.41) is 4.55. The number of nitrogens with two attached hydrogens (primary N) is 1. The topological polar surface area (TPSA) is 137 Å². The molecule has 0 fully saturated rings. The fourth-order valence-corrected chi connectivity index (χ4v) is 2.36. The lowest BCUT2D eigenvalue weighted by Gasteiger charge is -2.15. The molecule has 3 amide bonds. The van der Waals surface area contributed by atoms with Gasteiger partial charge in [0.15, 0.2) is 0 Å². The van der Waals surface area contributed by atoms with Gasteiger partial charge in [0.2, 0.25) is 11.8 Å². The molecule has 0 aliphatic carbocycles. The summed E-state index contributed by atoms with van der Waals surface area (Å²) in [6.07, 6.45) is -1.22. The van der Waals surface area contributed by atoms with Gasteiger partial charge in [-0.15, -0.1) is 0 Å². The maximum absolute atomic E-state index is 12.0. The minimum Gasteiger partial charge on any atom is -0.461 e. The number of primary amides is 1. The van der Waals surface area contributed by atoms with E-state index >= 15 is 0 Å². The number of rotatable bonds is 10. The standard InChI is InChI=1S/C21H23N3O6/c22-20(27)17(11-19(26)29-13-15-7-3-1-4-8-15)24-18(25)12-23-21(28)30-14-16-9-5-2-6-10-16/h1-10,17H,11-14H2,(H2,22,27)(H,23,28)(H,24,25)/t17-/m0/s1. The van der Waals surface area contributed by atoms with Crippen LogP contribution < -0.4 is 16.4 Å². The van der Waals surface area contributed by atoms with Gasteiger partial charge in [0, 0.05) is 0 Å². The smallest absolute Gasteiger partial charge is 0.407 e. The van der Waals surface area contributed by atoms with Crippen molar-refractivity contribution in [2.75, 3.05) is 6.54 Å². The van der Waals surface area contributed by atoms with Crippen LogP contribution >= 0.6 is 0 Å². The molecule has 158 valence electrons. The van der Waals surface area contributed by atoms with Crippen LogP contribution in [0.1, 0.15) is 17.5 Å². The van der Waals surface area contributed by atoms with Gasteiger partial charge in [0.05, 0.1) is 6.42 Å². The summed E-state index contributed by atoms with van der Waals surface area (Å²) in [6, 6.07) is 16.7. The van der Waals surface area contributed by atoms with Crippen molar-refractivity contribution >= 4 is 23.9 Å². The maximum atomic E-state index is 12.0. The van der Waals surface area contributed by atoms with Gasteiger partial charge < -0.3 is 25.8 Å². The number of esters is 1. The molecule has 2 aromatic rings. The highest BCUT2D eigenvalue weighted by Gasteiger charge is 2.22. The zero-order valence-electron chi connectivity index (χ0n) is 16.2. The number of ether oxygens (including phenoxy) is 2. The number of carbonyl (C=O) groups is 4. The predicted octanol–water partition coefficient (Wildman–Crippen LogP) is 1.02. The monoisotopic (exact) mass is 413 g/mol. The van der Waals surface area contributed by atoms with Crippen LogP contribution in [0, 0.1) is 0 Å². The first-order chi connectivity index (χ1) is 14.4. The molecule has 0 bridgehead atoms. The molecule has 0 spiro atoms. The molecule has 0 saturated carbocycles. The zero-order chi connectivity index (χ0) is 21.8. The largest absolute Gasteiger partial charge is 0.461 e. The molecule has 9 nitrogen and oxygen atoms in total. The second-order valence-electron chi connectivity index (χ2n) is 6.29. The molecule has 0 aliphatic heterocycles. The van der Waals surface area contributed by atoms with E-state index in [4.69, 9.17) is 15.2 Å². The molecule has 0 radical (unpaired) electrons. The Labute approximate surface area is 173 Å². The minimum atomic E-state index is -1.26. The third-order valence-electron chi connectivity index (χ3n) is 3.90. The molecule has 0 saturated heterocycles. The van der Waals surface area contributed by atoms with Crippen molar-refractivity contribution in [2.24, 2.45) is 5.73 Å². The summed E-state index contributed by atoms with van der Waals surface area (Å²) >= 11 is 0. The van der Waals surface area contributed by atoms with Gasteiger partial charge in [-0.05, 0) is 11.1 Å². The molecule has 0 heterocycles. The van der Waals surface area contributed by atoms with Crippen LogP contribution in [0.25, 0.3) is 0 Å². The number of amides is 3. The van der Waals surface area contributed by atoms with E-state index in [0.717, 1.165) is 11.1 Å². The summed E-state index contributed by atoms with van der Waals surface area (Å²) in [4.78, 5) is 47.1. The number of nitrogens with one attached hydrogen (secondary N) is 2. The second kappa shape index (κ2) is 11.8. The van der Waals surface area contributed by atoms with Gasteiger partial charge >= 0.3 is 12.1 Å². The SMILES string of the molecule is NC(=O)[C@H](CC(=O)OCc1ccccc1)NC(=O)CNC(=O)OCc1ccccc1. The summed E-state index contributed by atoms with van der Waals surface area (Å²) in [5.41, 5.74) is 6.81. The normalized spacial score (nSPS) is 11.1. The number of alkyl carbamates (subject to hydrolysis) is 1. The Morgan fingerprint density at radius 1 is 0.833 bits per heavy atom. The summed E-state index contributed by atoms with van der Waals surface area (Å²) in [6.45, 7) is -0.365. The van der Waals surface area contributed by atoms with E-state index in [1.165, 1.54) is 0 Å². The van der Waals surface area contributed by atoms with E-state index in [1.54, 1.807) is 48.5 Å². The van der Waals surface area contributed by atoms with E-state index < -0.39 is 42.9 Å². The van der Waals surface area contributed by atoms with E-state index in [9.17, 15) is 19.2 Å². The lowest BCUT2D eigenvalue weighted by atomic mass is 10.2. The van der Waals surface area contributed by atoms with Crippen molar-refractivity contribution < 1.29 is 28.7 Å². The number of hydrogen-bond donors (Lipinski definition) is 3. The first kappa shape index (κ1) is 22.4. The third kappa shape index (κ3) is 8.42. The van der Waals surface area contributed by atoms with Crippen LogP contribution in [0.3, 0.4) is 0 Å².